The number of nitrogens with one attached hydrogen (secondary N) is 2. The fourth-order valence-corrected chi connectivity index (χ4v) is 3.48. The van der Waals surface area contributed by atoms with Gasteiger partial charge in [-0.3, -0.25) is 9.78 Å². The minimum atomic E-state index is -0.592. The van der Waals surface area contributed by atoms with E-state index in [9.17, 15) is 9.59 Å². The molecule has 5 rings (SSSR count). The van der Waals surface area contributed by atoms with Gasteiger partial charge in [-0.1, -0.05) is 0 Å². The first-order valence-electron chi connectivity index (χ1n) is 9.41. The first kappa shape index (κ1) is 18.5. The molecule has 1 fully saturated rings. The number of hydrogen-bond acceptors (Lipinski definition) is 9. The largest absolute Gasteiger partial charge is 0.472 e. The number of aromatic amines is 2. The van der Waals surface area contributed by atoms with E-state index in [1.165, 1.54) is 23.4 Å². The highest BCUT2D eigenvalue weighted by atomic mass is 16.5. The van der Waals surface area contributed by atoms with E-state index in [0.717, 1.165) is 6.42 Å². The molecule has 1 saturated heterocycles. The fraction of sp³-hybridized carbons (Fsp3) is 0.211. The van der Waals surface area contributed by atoms with Gasteiger partial charge in [-0.15, -0.1) is 5.10 Å². The Labute approximate surface area is 173 Å². The molecule has 0 amide bonds. The number of fused-ring (bicyclic) bond motifs is 1. The Kier molecular flexibility index (Phi) is 4.40. The van der Waals surface area contributed by atoms with Crippen LogP contribution in [0, 0.1) is 11.3 Å². The van der Waals surface area contributed by atoms with Crippen molar-refractivity contribution in [3.8, 4) is 17.6 Å². The molecular formula is C19H15N9O3. The van der Waals surface area contributed by atoms with E-state index in [-0.39, 0.29) is 11.8 Å². The van der Waals surface area contributed by atoms with E-state index in [2.05, 4.69) is 34.9 Å². The molecule has 12 heteroatoms. The second-order valence-electron chi connectivity index (χ2n) is 6.94. The van der Waals surface area contributed by atoms with E-state index in [1.54, 1.807) is 18.3 Å². The van der Waals surface area contributed by atoms with Gasteiger partial charge in [0.25, 0.3) is 5.56 Å². The lowest BCUT2D eigenvalue weighted by Crippen LogP contribution is -2.25. The first-order chi connectivity index (χ1) is 15.1. The molecule has 0 spiro atoms. The summed E-state index contributed by atoms with van der Waals surface area (Å²) in [6.07, 6.45) is 6.52. The van der Waals surface area contributed by atoms with Gasteiger partial charge in [0.15, 0.2) is 5.65 Å². The van der Waals surface area contributed by atoms with Gasteiger partial charge in [0, 0.05) is 37.6 Å². The van der Waals surface area contributed by atoms with Crippen molar-refractivity contribution in [2.45, 2.75) is 12.5 Å². The van der Waals surface area contributed by atoms with Crippen molar-refractivity contribution in [1.29, 1.82) is 5.26 Å². The fourth-order valence-electron chi connectivity index (χ4n) is 3.48. The molecule has 1 aliphatic rings. The highest BCUT2D eigenvalue weighted by Crippen LogP contribution is 2.27. The second kappa shape index (κ2) is 7.38. The van der Waals surface area contributed by atoms with E-state index in [1.807, 2.05) is 6.07 Å². The van der Waals surface area contributed by atoms with Gasteiger partial charge in [-0.05, 0) is 6.07 Å². The van der Waals surface area contributed by atoms with Gasteiger partial charge in [0.2, 0.25) is 5.88 Å². The van der Waals surface area contributed by atoms with Crippen LogP contribution >= 0.6 is 0 Å². The first-order valence-corrected chi connectivity index (χ1v) is 9.41. The quantitative estimate of drug-likeness (QED) is 0.470. The third kappa shape index (κ3) is 3.48. The van der Waals surface area contributed by atoms with Crippen LogP contribution in [0.4, 0.5) is 5.82 Å². The lowest BCUT2D eigenvalue weighted by Gasteiger charge is -2.18. The minimum absolute atomic E-state index is 0.0949. The standard InChI is InChI=1S/C19H15N9O3/c20-5-11-1-2-15(21-6-11)31-12-3-4-27(8-12)17-13-9-28(26-16(13)23-10-24-17)14-7-22-19(30)25-18(14)29/h1-2,6-7,9-10,12H,3-4,8H2,(H2,22,25,29,30). The van der Waals surface area contributed by atoms with Crippen molar-refractivity contribution in [2.24, 2.45) is 0 Å². The van der Waals surface area contributed by atoms with Crippen LogP contribution in [-0.2, 0) is 0 Å². The summed E-state index contributed by atoms with van der Waals surface area (Å²) in [5.41, 5.74) is -0.0876. The number of aromatic nitrogens is 7. The molecule has 5 heterocycles. The summed E-state index contributed by atoms with van der Waals surface area (Å²) in [6, 6.07) is 5.37. The highest BCUT2D eigenvalue weighted by Gasteiger charge is 2.27. The average molecular weight is 417 g/mol. The number of anilines is 1. The topological polar surface area (TPSA) is 158 Å². The zero-order valence-electron chi connectivity index (χ0n) is 16.0. The number of hydrogen-bond donors (Lipinski definition) is 2. The Balaban J connectivity index is 1.40. The molecule has 0 aromatic carbocycles. The van der Waals surface area contributed by atoms with Gasteiger partial charge in [-0.2, -0.15) is 5.26 Å². The average Bonchev–Trinajstić information content (AvgIpc) is 3.41. The van der Waals surface area contributed by atoms with Crippen molar-refractivity contribution < 1.29 is 4.74 Å². The summed E-state index contributed by atoms with van der Waals surface area (Å²) in [5, 5.41) is 13.9. The van der Waals surface area contributed by atoms with Crippen LogP contribution in [0.1, 0.15) is 12.0 Å². The molecule has 4 aromatic heterocycles. The molecule has 0 saturated carbocycles. The third-order valence-electron chi connectivity index (χ3n) is 4.94. The Morgan fingerprint density at radius 2 is 2.13 bits per heavy atom. The van der Waals surface area contributed by atoms with E-state index < -0.39 is 11.2 Å². The molecule has 2 N–H and O–H groups in total. The molecule has 31 heavy (non-hydrogen) atoms. The molecular weight excluding hydrogens is 402 g/mol. The summed E-state index contributed by atoms with van der Waals surface area (Å²) in [5.74, 6) is 1.14. The summed E-state index contributed by atoms with van der Waals surface area (Å²) < 4.78 is 7.30. The third-order valence-corrected chi connectivity index (χ3v) is 4.94. The molecule has 4 aromatic rings. The molecule has 12 nitrogen and oxygen atoms in total. The molecule has 1 aliphatic heterocycles. The van der Waals surface area contributed by atoms with E-state index in [4.69, 9.17) is 10.00 Å². The maximum absolute atomic E-state index is 12.1. The lowest BCUT2D eigenvalue weighted by atomic mass is 10.3. The Morgan fingerprint density at radius 1 is 1.23 bits per heavy atom. The predicted molar refractivity (Wildman–Crippen MR) is 108 cm³/mol. The van der Waals surface area contributed by atoms with Crippen molar-refractivity contribution in [3.05, 3.63) is 63.5 Å². The minimum Gasteiger partial charge on any atom is -0.472 e. The van der Waals surface area contributed by atoms with Crippen LogP contribution in [-0.4, -0.2) is 53.9 Å². The summed E-state index contributed by atoms with van der Waals surface area (Å²) in [7, 11) is 0. The van der Waals surface area contributed by atoms with Gasteiger partial charge in [-0.25, -0.2) is 24.4 Å². The molecule has 0 bridgehead atoms. The van der Waals surface area contributed by atoms with E-state index >= 15 is 0 Å². The number of nitrogens with zero attached hydrogens (tertiary/aromatic N) is 7. The van der Waals surface area contributed by atoms with Crippen molar-refractivity contribution in [3.63, 3.8) is 0 Å². The maximum Gasteiger partial charge on any atom is 0.325 e. The maximum atomic E-state index is 12.1. The van der Waals surface area contributed by atoms with Crippen LogP contribution in [0.15, 0.2) is 46.6 Å². The number of pyridine rings is 1. The smallest absolute Gasteiger partial charge is 0.325 e. The Hall–Kier alpha value is -4.53. The zero-order chi connectivity index (χ0) is 21.4. The number of H-pyrrole nitrogens is 2. The van der Waals surface area contributed by atoms with Crippen LogP contribution in [0.3, 0.4) is 0 Å². The number of ether oxygens (including phenoxy) is 1. The van der Waals surface area contributed by atoms with Crippen LogP contribution in [0.2, 0.25) is 0 Å². The van der Waals surface area contributed by atoms with Crippen LogP contribution in [0.5, 0.6) is 5.88 Å². The van der Waals surface area contributed by atoms with Gasteiger partial charge >= 0.3 is 5.69 Å². The molecule has 1 atom stereocenters. The van der Waals surface area contributed by atoms with Crippen LogP contribution < -0.4 is 20.9 Å². The Bertz CT molecular complexity index is 1410. The Morgan fingerprint density at radius 3 is 2.90 bits per heavy atom. The van der Waals surface area contributed by atoms with Gasteiger partial charge in [0.05, 0.1) is 17.5 Å². The van der Waals surface area contributed by atoms with Gasteiger partial charge < -0.3 is 14.6 Å². The molecule has 0 aliphatic carbocycles. The lowest BCUT2D eigenvalue weighted by molar-refractivity contribution is 0.216. The van der Waals surface area contributed by atoms with Gasteiger partial charge in [0.1, 0.15) is 30.0 Å². The number of nitriles is 1. The molecule has 1 unspecified atom stereocenters. The monoisotopic (exact) mass is 417 g/mol. The molecule has 154 valence electrons. The molecule has 0 radical (unpaired) electrons. The summed E-state index contributed by atoms with van der Waals surface area (Å²) >= 11 is 0. The van der Waals surface area contributed by atoms with Crippen molar-refractivity contribution in [2.75, 3.05) is 18.0 Å². The van der Waals surface area contributed by atoms with E-state index in [0.29, 0.717) is 41.4 Å². The summed E-state index contributed by atoms with van der Waals surface area (Å²) in [6.45, 7) is 1.29. The van der Waals surface area contributed by atoms with Crippen LogP contribution in [0.25, 0.3) is 16.7 Å². The van der Waals surface area contributed by atoms with Crippen molar-refractivity contribution >= 4 is 16.9 Å². The SMILES string of the molecule is N#Cc1ccc(OC2CCN(c3ncnc4nn(-c5c[nH]c(=O)[nH]c5=O)cc34)C2)nc1. The number of rotatable bonds is 4. The highest BCUT2D eigenvalue weighted by molar-refractivity contribution is 5.86. The van der Waals surface area contributed by atoms with Crippen molar-refractivity contribution in [1.82, 2.24) is 34.7 Å². The summed E-state index contributed by atoms with van der Waals surface area (Å²) in [4.78, 5) is 42.8. The zero-order valence-corrected chi connectivity index (χ0v) is 16.0. The predicted octanol–water partition coefficient (Wildman–Crippen LogP) is 0.116. The normalized spacial score (nSPS) is 15.8. The second-order valence-corrected chi connectivity index (χ2v) is 6.94.